The van der Waals surface area contributed by atoms with Crippen molar-refractivity contribution >= 4 is 11.0 Å². The van der Waals surface area contributed by atoms with Gasteiger partial charge in [-0.25, -0.2) is 4.98 Å². The van der Waals surface area contributed by atoms with E-state index in [1.165, 1.54) is 5.56 Å². The van der Waals surface area contributed by atoms with Gasteiger partial charge < -0.3 is 5.11 Å². The van der Waals surface area contributed by atoms with Crippen molar-refractivity contribution in [3.05, 3.63) is 168 Å². The molecule has 56 heavy (non-hydrogen) atoms. The van der Waals surface area contributed by atoms with Crippen LogP contribution in [-0.4, -0.2) is 19.6 Å². The number of imidazole rings is 1. The van der Waals surface area contributed by atoms with Crippen LogP contribution in [0, 0.1) is 18.8 Å². The molecular weight excluding hydrogens is 866 g/mol. The second-order valence-electron chi connectivity index (χ2n) is 15.2. The summed E-state index contributed by atoms with van der Waals surface area (Å²) in [7, 11) is 0. The van der Waals surface area contributed by atoms with Crippen LogP contribution in [0.5, 0.6) is 5.75 Å². The molecule has 0 unspecified atom stereocenters. The fourth-order valence-corrected chi connectivity index (χ4v) is 6.91. The standard InChI is InChI=1S/C51H46N3O.Pt/c1-33(2)27-35-21-24-46(44(28-35)37-13-8-7-9-14-37)54-47-17-12-16-42(49(47)53-50(54)43-15-10-11-18-48(43)55)39-29-40(31-41(30-39)51(4,5)6)45-32-38(25-26-52-45)36-22-19-34(3)20-23-36;/h7-26,28,30-33,55H,27H2,1-6H3;/q-1;/i3D3,19D,20D,22D,23D,25D,26D,32D;. The minimum Gasteiger partial charge on any atom is -0.507 e. The van der Waals surface area contributed by atoms with Crippen molar-refractivity contribution in [3.8, 4) is 67.5 Å². The Balaban J connectivity index is 0.00000648. The van der Waals surface area contributed by atoms with Gasteiger partial charge in [0.05, 0.1) is 31.9 Å². The van der Waals surface area contributed by atoms with Gasteiger partial charge in [0.15, 0.2) is 0 Å². The van der Waals surface area contributed by atoms with Gasteiger partial charge in [0.25, 0.3) is 0 Å². The minimum atomic E-state index is -2.96. The number of rotatable bonds is 8. The summed E-state index contributed by atoms with van der Waals surface area (Å²) in [5.41, 5.74) is 5.99. The molecule has 2 heterocycles. The van der Waals surface area contributed by atoms with Crippen molar-refractivity contribution in [3.63, 3.8) is 0 Å². The Labute approximate surface area is 359 Å². The molecule has 1 N–H and O–H groups in total. The van der Waals surface area contributed by atoms with Gasteiger partial charge in [-0.3, -0.25) is 9.55 Å². The number of para-hydroxylation sites is 2. The number of benzene rings is 6. The molecule has 6 aromatic carbocycles. The van der Waals surface area contributed by atoms with Crippen LogP contribution in [0.25, 0.3) is 72.7 Å². The molecule has 5 heteroatoms. The van der Waals surface area contributed by atoms with Crippen LogP contribution >= 0.6 is 0 Å². The third kappa shape index (κ3) is 7.77. The van der Waals surface area contributed by atoms with E-state index in [2.05, 4.69) is 59.8 Å². The molecule has 8 rings (SSSR count). The quantitative estimate of drug-likeness (QED) is 0.155. The first-order valence-corrected chi connectivity index (χ1v) is 18.3. The number of phenols is 1. The van der Waals surface area contributed by atoms with Gasteiger partial charge in [-0.05, 0) is 83.2 Å². The second-order valence-corrected chi connectivity index (χ2v) is 15.2. The van der Waals surface area contributed by atoms with Crippen LogP contribution in [0.1, 0.15) is 65.0 Å². The number of hydrogen-bond donors (Lipinski definition) is 1. The maximum Gasteiger partial charge on any atom is 0.148 e. The largest absolute Gasteiger partial charge is 0.507 e. The minimum absolute atomic E-state index is 0. The van der Waals surface area contributed by atoms with E-state index in [-0.39, 0.29) is 43.6 Å². The molecule has 0 amide bonds. The van der Waals surface area contributed by atoms with Crippen molar-refractivity contribution in [2.24, 2.45) is 5.92 Å². The molecule has 0 fully saturated rings. The zero-order chi connectivity index (χ0) is 46.9. The molecule has 8 aromatic rings. The number of aromatic hydroxyl groups is 1. The van der Waals surface area contributed by atoms with Gasteiger partial charge in [0, 0.05) is 42.6 Å². The SMILES string of the molecule is [2H]c1nc(-c2[c-]c(-c3cccc4c3nc(-c3ccccc3O)n4-c3ccc(CC(C)C)cc3-c3ccccc3)cc(C(C)(C)C)c2)c([2H])c(-c2c([2H])c([2H])c(C([2H])([2H])[2H])c([2H])c2[2H])c1[2H].[Pt]. The van der Waals surface area contributed by atoms with Crippen molar-refractivity contribution in [1.29, 1.82) is 0 Å². The monoisotopic (exact) mass is 921 g/mol. The van der Waals surface area contributed by atoms with Crippen molar-refractivity contribution in [1.82, 2.24) is 14.5 Å². The molecule has 2 aromatic heterocycles. The molecule has 0 spiro atoms. The summed E-state index contributed by atoms with van der Waals surface area (Å²) in [4.78, 5) is 9.70. The second kappa shape index (κ2) is 15.9. The van der Waals surface area contributed by atoms with Crippen LogP contribution < -0.4 is 0 Å². The number of fused-ring (bicyclic) bond motifs is 1. The first-order valence-electron chi connectivity index (χ1n) is 23.3. The Morgan fingerprint density at radius 3 is 2.23 bits per heavy atom. The summed E-state index contributed by atoms with van der Waals surface area (Å²) in [6.45, 7) is 7.49. The first kappa shape index (κ1) is 27.9. The summed E-state index contributed by atoms with van der Waals surface area (Å²) < 4.78 is 87.5. The molecule has 0 radical (unpaired) electrons. The van der Waals surface area contributed by atoms with E-state index >= 15 is 0 Å². The Morgan fingerprint density at radius 2 is 1.50 bits per heavy atom. The van der Waals surface area contributed by atoms with Gasteiger partial charge in [-0.15, -0.1) is 29.3 Å². The van der Waals surface area contributed by atoms with E-state index in [4.69, 9.17) is 17.3 Å². The normalized spacial score (nSPS) is 14.3. The zero-order valence-electron chi connectivity index (χ0n) is 41.7. The predicted molar refractivity (Wildman–Crippen MR) is 229 cm³/mol. The van der Waals surface area contributed by atoms with E-state index in [0.29, 0.717) is 33.9 Å². The van der Waals surface area contributed by atoms with Gasteiger partial charge in [-0.1, -0.05) is 142 Å². The summed E-state index contributed by atoms with van der Waals surface area (Å²) in [5.74, 6) is 0.983. The molecule has 0 bridgehead atoms. The fraction of sp³-hybridized carbons (Fsp3) is 0.176. The molecule has 0 aliphatic heterocycles. The smallest absolute Gasteiger partial charge is 0.148 e. The third-order valence-electron chi connectivity index (χ3n) is 9.61. The van der Waals surface area contributed by atoms with Crippen LogP contribution in [0.15, 0.2) is 146 Å². The molecule has 282 valence electrons. The maximum atomic E-state index is 11.4. The molecule has 0 aliphatic rings. The van der Waals surface area contributed by atoms with Gasteiger partial charge in [0.1, 0.15) is 11.6 Å². The number of nitrogens with zero attached hydrogens (tertiary/aromatic N) is 3. The zero-order valence-corrected chi connectivity index (χ0v) is 34.0. The Bertz CT molecular complexity index is 3150. The fourth-order valence-electron chi connectivity index (χ4n) is 6.91. The predicted octanol–water partition coefficient (Wildman–Crippen LogP) is 13.1. The van der Waals surface area contributed by atoms with Crippen molar-refractivity contribution < 1.29 is 39.9 Å². The molecule has 0 atom stereocenters. The molecule has 0 saturated carbocycles. The van der Waals surface area contributed by atoms with E-state index in [1.54, 1.807) is 18.2 Å². The van der Waals surface area contributed by atoms with Gasteiger partial charge >= 0.3 is 0 Å². The van der Waals surface area contributed by atoms with Gasteiger partial charge in [0.2, 0.25) is 0 Å². The number of pyridine rings is 1. The van der Waals surface area contributed by atoms with Crippen molar-refractivity contribution in [2.75, 3.05) is 0 Å². The van der Waals surface area contributed by atoms with Crippen LogP contribution in [0.2, 0.25) is 0 Å². The molecule has 0 saturated heterocycles. The topological polar surface area (TPSA) is 50.9 Å². The average molecular weight is 922 g/mol. The number of phenolic OH excluding ortho intramolecular Hbond substituents is 1. The Hall–Kier alpha value is -5.57. The average Bonchev–Trinajstić information content (AvgIpc) is 3.64. The Kier molecular flexibility index (Phi) is 7.92. The van der Waals surface area contributed by atoms with Crippen LogP contribution in [0.3, 0.4) is 0 Å². The first-order chi connectivity index (χ1) is 30.7. The molecule has 0 aliphatic carbocycles. The van der Waals surface area contributed by atoms with Crippen LogP contribution in [-0.2, 0) is 32.9 Å². The molecular formula is C51H46N3OPt-. The van der Waals surface area contributed by atoms with E-state index < -0.39 is 65.8 Å². The van der Waals surface area contributed by atoms with E-state index in [9.17, 15) is 6.48 Å². The number of aromatic nitrogens is 3. The van der Waals surface area contributed by atoms with E-state index in [0.717, 1.165) is 34.3 Å². The number of hydrogen-bond acceptors (Lipinski definition) is 3. The van der Waals surface area contributed by atoms with Gasteiger partial charge in [-0.2, -0.15) is 0 Å². The third-order valence-corrected chi connectivity index (χ3v) is 9.61. The summed E-state index contributed by atoms with van der Waals surface area (Å²) >= 11 is 0. The Morgan fingerprint density at radius 1 is 0.768 bits per heavy atom. The maximum absolute atomic E-state index is 11.4. The summed E-state index contributed by atoms with van der Waals surface area (Å²) in [6.07, 6.45) is 0.300. The van der Waals surface area contributed by atoms with E-state index in [1.807, 2.05) is 75.4 Å². The summed E-state index contributed by atoms with van der Waals surface area (Å²) in [5, 5.41) is 11.4. The van der Waals surface area contributed by atoms with Crippen LogP contribution in [0.4, 0.5) is 0 Å². The molecule has 4 nitrogen and oxygen atoms in total. The summed E-state index contributed by atoms with van der Waals surface area (Å²) in [6, 6.07) is 32.5. The van der Waals surface area contributed by atoms with Crippen molar-refractivity contribution in [2.45, 2.75) is 53.3 Å².